The number of aliphatic hydroxyl groups is 1. The zero-order valence-electron chi connectivity index (χ0n) is 7.90. The average Bonchev–Trinajstić information content (AvgIpc) is 2.53. The second-order valence-electron chi connectivity index (χ2n) is 3.72. The lowest BCUT2D eigenvalue weighted by atomic mass is 10.2. The Labute approximate surface area is 78.8 Å². The molecule has 1 unspecified atom stereocenters. The smallest absolute Gasteiger partial charge is 0.0731 e. The van der Waals surface area contributed by atoms with Crippen LogP contribution in [0, 0.1) is 6.92 Å². The van der Waals surface area contributed by atoms with Crippen LogP contribution >= 0.6 is 0 Å². The predicted molar refractivity (Wildman–Crippen MR) is 54.0 cm³/mol. The third-order valence-electron chi connectivity index (χ3n) is 2.56. The number of hydrogen-bond donors (Lipinski definition) is 1. The van der Waals surface area contributed by atoms with Crippen LogP contribution in [0.4, 0.5) is 5.69 Å². The van der Waals surface area contributed by atoms with Gasteiger partial charge in [0.1, 0.15) is 0 Å². The quantitative estimate of drug-likeness (QED) is 0.703. The van der Waals surface area contributed by atoms with Gasteiger partial charge in [-0.05, 0) is 25.5 Å². The van der Waals surface area contributed by atoms with Crippen LogP contribution in [0.15, 0.2) is 24.3 Å². The highest BCUT2D eigenvalue weighted by Crippen LogP contribution is 2.20. The molecule has 1 heterocycles. The van der Waals surface area contributed by atoms with Crippen molar-refractivity contribution in [3.63, 3.8) is 0 Å². The molecule has 1 N–H and O–H groups in total. The van der Waals surface area contributed by atoms with E-state index in [0.717, 1.165) is 19.5 Å². The van der Waals surface area contributed by atoms with E-state index < -0.39 is 0 Å². The first-order chi connectivity index (χ1) is 6.25. The van der Waals surface area contributed by atoms with Crippen LogP contribution in [0.2, 0.25) is 0 Å². The van der Waals surface area contributed by atoms with E-state index in [1.807, 2.05) is 0 Å². The molecular formula is C11H15NO. The summed E-state index contributed by atoms with van der Waals surface area (Å²) >= 11 is 0. The number of anilines is 1. The average molecular weight is 177 g/mol. The van der Waals surface area contributed by atoms with Crippen LogP contribution in [0.25, 0.3) is 0 Å². The molecule has 0 amide bonds. The fourth-order valence-electron chi connectivity index (χ4n) is 1.73. The van der Waals surface area contributed by atoms with Crippen molar-refractivity contribution in [2.24, 2.45) is 0 Å². The molecule has 0 bridgehead atoms. The molecule has 2 heteroatoms. The predicted octanol–water partition coefficient (Wildman–Crippen LogP) is 1.57. The highest BCUT2D eigenvalue weighted by molar-refractivity contribution is 5.48. The van der Waals surface area contributed by atoms with Crippen LogP contribution in [0.5, 0.6) is 0 Å². The Hall–Kier alpha value is -1.02. The summed E-state index contributed by atoms with van der Waals surface area (Å²) in [7, 11) is 0. The molecule has 0 aliphatic carbocycles. The van der Waals surface area contributed by atoms with Gasteiger partial charge in [0.25, 0.3) is 0 Å². The van der Waals surface area contributed by atoms with Gasteiger partial charge in [0.2, 0.25) is 0 Å². The Morgan fingerprint density at radius 1 is 1.31 bits per heavy atom. The van der Waals surface area contributed by atoms with Gasteiger partial charge in [0.15, 0.2) is 0 Å². The molecule has 2 rings (SSSR count). The standard InChI is InChI=1S/C11H15NO/c1-9-2-4-10(5-3-9)12-7-6-11(13)8-12/h2-5,11,13H,6-8H2,1H3. The lowest BCUT2D eigenvalue weighted by Gasteiger charge is -2.17. The molecule has 0 spiro atoms. The highest BCUT2D eigenvalue weighted by atomic mass is 16.3. The Balaban J connectivity index is 2.13. The van der Waals surface area contributed by atoms with Crippen molar-refractivity contribution in [2.45, 2.75) is 19.4 Å². The summed E-state index contributed by atoms with van der Waals surface area (Å²) in [6.07, 6.45) is 0.759. The van der Waals surface area contributed by atoms with Crippen molar-refractivity contribution in [1.29, 1.82) is 0 Å². The van der Waals surface area contributed by atoms with E-state index >= 15 is 0 Å². The molecular weight excluding hydrogens is 162 g/mol. The normalized spacial score (nSPS) is 22.3. The first kappa shape index (κ1) is 8.57. The molecule has 2 nitrogen and oxygen atoms in total. The fraction of sp³-hybridized carbons (Fsp3) is 0.455. The maximum atomic E-state index is 9.37. The molecule has 1 aromatic rings. The van der Waals surface area contributed by atoms with E-state index in [1.165, 1.54) is 11.3 Å². The first-order valence-corrected chi connectivity index (χ1v) is 4.75. The van der Waals surface area contributed by atoms with E-state index in [1.54, 1.807) is 0 Å². The molecule has 0 radical (unpaired) electrons. The van der Waals surface area contributed by atoms with Gasteiger partial charge < -0.3 is 10.0 Å². The number of rotatable bonds is 1. The van der Waals surface area contributed by atoms with Crippen LogP contribution < -0.4 is 4.90 Å². The first-order valence-electron chi connectivity index (χ1n) is 4.75. The molecule has 1 fully saturated rings. The van der Waals surface area contributed by atoms with Gasteiger partial charge in [-0.3, -0.25) is 0 Å². The van der Waals surface area contributed by atoms with Crippen LogP contribution in [0.3, 0.4) is 0 Å². The largest absolute Gasteiger partial charge is 0.391 e. The second kappa shape index (κ2) is 3.38. The van der Waals surface area contributed by atoms with E-state index in [9.17, 15) is 5.11 Å². The number of nitrogens with zero attached hydrogens (tertiary/aromatic N) is 1. The SMILES string of the molecule is Cc1ccc(N2CCC(O)C2)cc1. The molecule has 0 aromatic heterocycles. The fourth-order valence-corrected chi connectivity index (χ4v) is 1.73. The van der Waals surface area contributed by atoms with Crippen molar-refractivity contribution >= 4 is 5.69 Å². The topological polar surface area (TPSA) is 23.5 Å². The zero-order chi connectivity index (χ0) is 9.26. The van der Waals surface area contributed by atoms with Crippen molar-refractivity contribution in [3.8, 4) is 0 Å². The summed E-state index contributed by atoms with van der Waals surface area (Å²) in [4.78, 5) is 2.23. The lowest BCUT2D eigenvalue weighted by molar-refractivity contribution is 0.198. The summed E-state index contributed by atoms with van der Waals surface area (Å²) in [6, 6.07) is 8.46. The van der Waals surface area contributed by atoms with Gasteiger partial charge in [0, 0.05) is 18.8 Å². The highest BCUT2D eigenvalue weighted by Gasteiger charge is 2.19. The molecule has 1 aromatic carbocycles. The van der Waals surface area contributed by atoms with Gasteiger partial charge >= 0.3 is 0 Å². The third-order valence-corrected chi connectivity index (χ3v) is 2.56. The summed E-state index contributed by atoms with van der Waals surface area (Å²) in [5, 5.41) is 9.37. The van der Waals surface area contributed by atoms with E-state index in [-0.39, 0.29) is 6.10 Å². The minimum absolute atomic E-state index is 0.138. The number of hydrogen-bond acceptors (Lipinski definition) is 2. The zero-order valence-corrected chi connectivity index (χ0v) is 7.90. The monoisotopic (exact) mass is 177 g/mol. The molecule has 0 saturated carbocycles. The van der Waals surface area contributed by atoms with Crippen LogP contribution in [-0.4, -0.2) is 24.3 Å². The van der Waals surface area contributed by atoms with E-state index in [0.29, 0.717) is 0 Å². The molecule has 1 aliphatic heterocycles. The molecule has 1 atom stereocenters. The Morgan fingerprint density at radius 2 is 2.00 bits per heavy atom. The third kappa shape index (κ3) is 1.83. The van der Waals surface area contributed by atoms with Crippen molar-refractivity contribution < 1.29 is 5.11 Å². The number of benzene rings is 1. The van der Waals surface area contributed by atoms with Gasteiger partial charge in [-0.15, -0.1) is 0 Å². The Morgan fingerprint density at radius 3 is 2.54 bits per heavy atom. The van der Waals surface area contributed by atoms with Crippen molar-refractivity contribution in [1.82, 2.24) is 0 Å². The summed E-state index contributed by atoms with van der Waals surface area (Å²) in [6.45, 7) is 3.84. The van der Waals surface area contributed by atoms with Crippen LogP contribution in [-0.2, 0) is 0 Å². The Bertz CT molecular complexity index is 281. The van der Waals surface area contributed by atoms with Gasteiger partial charge in [-0.2, -0.15) is 0 Å². The minimum atomic E-state index is -0.138. The lowest BCUT2D eigenvalue weighted by Crippen LogP contribution is -2.20. The van der Waals surface area contributed by atoms with Crippen molar-refractivity contribution in [2.75, 3.05) is 18.0 Å². The molecule has 70 valence electrons. The molecule has 1 saturated heterocycles. The number of aliphatic hydroxyl groups excluding tert-OH is 1. The van der Waals surface area contributed by atoms with Gasteiger partial charge in [-0.25, -0.2) is 0 Å². The second-order valence-corrected chi connectivity index (χ2v) is 3.72. The number of aryl methyl sites for hydroxylation is 1. The molecule has 1 aliphatic rings. The maximum Gasteiger partial charge on any atom is 0.0731 e. The summed E-state index contributed by atoms with van der Waals surface area (Å²) in [5.41, 5.74) is 2.51. The van der Waals surface area contributed by atoms with E-state index in [4.69, 9.17) is 0 Å². The van der Waals surface area contributed by atoms with Gasteiger partial charge in [-0.1, -0.05) is 17.7 Å². The van der Waals surface area contributed by atoms with E-state index in [2.05, 4.69) is 36.1 Å². The maximum absolute atomic E-state index is 9.37. The Kier molecular flexibility index (Phi) is 2.23. The summed E-state index contributed by atoms with van der Waals surface area (Å²) in [5.74, 6) is 0. The van der Waals surface area contributed by atoms with Crippen molar-refractivity contribution in [3.05, 3.63) is 29.8 Å². The van der Waals surface area contributed by atoms with Gasteiger partial charge in [0.05, 0.1) is 6.10 Å². The van der Waals surface area contributed by atoms with Crippen LogP contribution in [0.1, 0.15) is 12.0 Å². The minimum Gasteiger partial charge on any atom is -0.391 e. The molecule has 13 heavy (non-hydrogen) atoms. The number of β-amino-alcohol motifs (C(OH)–C–C–N with tert-alkyl or cyclic N) is 1. The summed E-state index contributed by atoms with van der Waals surface area (Å²) < 4.78 is 0.